The molecule has 4 rings (SSSR count). The Balaban J connectivity index is 1.59. The van der Waals surface area contributed by atoms with Crippen molar-refractivity contribution in [1.82, 2.24) is 20.6 Å². The largest absolute Gasteiger partial charge is 0.497 e. The molecule has 2 aromatic carbocycles. The third-order valence-electron chi connectivity index (χ3n) is 4.13. The normalized spacial score (nSPS) is 11.5. The van der Waals surface area contributed by atoms with Crippen molar-refractivity contribution in [2.45, 2.75) is 9.96 Å². The molecule has 142 valence electrons. The Morgan fingerprint density at radius 3 is 2.64 bits per heavy atom. The minimum absolute atomic E-state index is 0.100. The fraction of sp³-hybridized carbons (Fsp3) is 0.105. The molecule has 0 unspecified atom stereocenters. The zero-order chi connectivity index (χ0) is 19.6. The number of thiophene rings is 1. The Morgan fingerprint density at radius 2 is 1.86 bits per heavy atom. The van der Waals surface area contributed by atoms with Gasteiger partial charge in [-0.3, -0.25) is 0 Å². The van der Waals surface area contributed by atoms with Gasteiger partial charge in [0.2, 0.25) is 5.82 Å². The molecule has 1 N–H and O–H groups in total. The van der Waals surface area contributed by atoms with Gasteiger partial charge < -0.3 is 4.74 Å². The number of sulfone groups is 1. The zero-order valence-corrected chi connectivity index (χ0v) is 16.5. The van der Waals surface area contributed by atoms with Gasteiger partial charge in [-0.2, -0.15) is 5.21 Å². The lowest BCUT2D eigenvalue weighted by Crippen LogP contribution is -2.03. The molecular weight excluding hydrogens is 396 g/mol. The van der Waals surface area contributed by atoms with E-state index in [2.05, 4.69) is 20.6 Å². The molecule has 0 aliphatic heterocycles. The van der Waals surface area contributed by atoms with Crippen LogP contribution < -0.4 is 4.74 Å². The summed E-state index contributed by atoms with van der Waals surface area (Å²) in [5, 5.41) is 13.8. The van der Waals surface area contributed by atoms with Crippen LogP contribution in [0.3, 0.4) is 0 Å². The first-order chi connectivity index (χ1) is 13.5. The molecule has 0 saturated carbocycles. The Bertz CT molecular complexity index is 1200. The Morgan fingerprint density at radius 1 is 1.04 bits per heavy atom. The van der Waals surface area contributed by atoms with Crippen LogP contribution in [0.15, 0.2) is 64.9 Å². The van der Waals surface area contributed by atoms with Crippen molar-refractivity contribution in [2.24, 2.45) is 0 Å². The number of methoxy groups -OCH3 is 1. The van der Waals surface area contributed by atoms with E-state index < -0.39 is 9.84 Å². The van der Waals surface area contributed by atoms with Gasteiger partial charge in [0.15, 0.2) is 9.84 Å². The minimum Gasteiger partial charge on any atom is -0.497 e. The molecule has 0 bridgehead atoms. The van der Waals surface area contributed by atoms with Crippen molar-refractivity contribution < 1.29 is 13.2 Å². The summed E-state index contributed by atoms with van der Waals surface area (Å²) < 4.78 is 31.4. The molecule has 0 atom stereocenters. The highest BCUT2D eigenvalue weighted by Crippen LogP contribution is 2.34. The minimum atomic E-state index is -3.48. The topological polar surface area (TPSA) is 97.8 Å². The predicted molar refractivity (Wildman–Crippen MR) is 107 cm³/mol. The van der Waals surface area contributed by atoms with Gasteiger partial charge in [0.05, 0.1) is 12.9 Å². The van der Waals surface area contributed by atoms with Gasteiger partial charge in [0.1, 0.15) is 9.96 Å². The van der Waals surface area contributed by atoms with E-state index in [1.54, 1.807) is 31.4 Å². The Hall–Kier alpha value is -3.04. The van der Waals surface area contributed by atoms with Crippen LogP contribution in [0, 0.1) is 0 Å². The molecule has 7 nitrogen and oxygen atoms in total. The van der Waals surface area contributed by atoms with Gasteiger partial charge in [0.25, 0.3) is 0 Å². The number of aromatic amines is 1. The summed E-state index contributed by atoms with van der Waals surface area (Å²) in [4.78, 5) is 0.873. The van der Waals surface area contributed by atoms with E-state index in [1.165, 1.54) is 11.3 Å². The highest BCUT2D eigenvalue weighted by atomic mass is 32.2. The van der Waals surface area contributed by atoms with Gasteiger partial charge >= 0.3 is 0 Å². The van der Waals surface area contributed by atoms with Crippen LogP contribution in [0.2, 0.25) is 0 Å². The number of nitrogens with zero attached hydrogens (tertiary/aromatic N) is 3. The molecule has 9 heteroatoms. The van der Waals surface area contributed by atoms with Gasteiger partial charge in [-0.1, -0.05) is 30.3 Å². The quantitative estimate of drug-likeness (QED) is 0.520. The summed E-state index contributed by atoms with van der Waals surface area (Å²) in [6, 6.07) is 18.2. The van der Waals surface area contributed by atoms with E-state index in [0.717, 1.165) is 16.2 Å². The number of nitrogens with one attached hydrogen (secondary N) is 1. The molecule has 0 radical (unpaired) electrons. The summed E-state index contributed by atoms with van der Waals surface area (Å²) in [5.41, 5.74) is 2.30. The third-order valence-corrected chi connectivity index (χ3v) is 7.53. The molecule has 2 heterocycles. The maximum Gasteiger partial charge on any atom is 0.204 e. The Kier molecular flexibility index (Phi) is 4.93. The van der Waals surface area contributed by atoms with Crippen LogP contribution in [0.4, 0.5) is 0 Å². The first-order valence-corrected chi connectivity index (χ1v) is 10.8. The van der Waals surface area contributed by atoms with E-state index in [0.29, 0.717) is 21.2 Å². The van der Waals surface area contributed by atoms with Crippen molar-refractivity contribution in [2.75, 3.05) is 7.11 Å². The van der Waals surface area contributed by atoms with Crippen molar-refractivity contribution >= 4 is 21.2 Å². The van der Waals surface area contributed by atoms with Crippen molar-refractivity contribution in [3.63, 3.8) is 0 Å². The number of hydrogen-bond acceptors (Lipinski definition) is 7. The molecule has 4 aromatic rings. The molecule has 2 aromatic heterocycles. The van der Waals surface area contributed by atoms with Crippen LogP contribution in [0.25, 0.3) is 21.8 Å². The number of tetrazole rings is 1. The average molecular weight is 412 g/mol. The van der Waals surface area contributed by atoms with Crippen LogP contribution in [-0.4, -0.2) is 36.2 Å². The number of benzene rings is 2. The third kappa shape index (κ3) is 3.80. The summed E-state index contributed by atoms with van der Waals surface area (Å²) in [6.07, 6.45) is 0. The molecule has 0 spiro atoms. The number of H-pyrrole nitrogens is 1. The maximum atomic E-state index is 12.9. The van der Waals surface area contributed by atoms with E-state index in [9.17, 15) is 8.42 Å². The van der Waals surface area contributed by atoms with Crippen molar-refractivity contribution in [3.05, 3.63) is 66.2 Å². The second-order valence-corrected chi connectivity index (χ2v) is 9.35. The molecule has 0 saturated heterocycles. The number of aromatic nitrogens is 4. The molecular formula is C19H16N4O3S2. The van der Waals surface area contributed by atoms with E-state index in [1.807, 2.05) is 36.4 Å². The first kappa shape index (κ1) is 18.3. The fourth-order valence-corrected chi connectivity index (χ4v) is 5.52. The highest BCUT2D eigenvalue weighted by Gasteiger charge is 2.19. The molecule has 0 amide bonds. The summed E-state index contributed by atoms with van der Waals surface area (Å²) >= 11 is 1.25. The fourth-order valence-electron chi connectivity index (χ4n) is 2.79. The molecule has 0 aliphatic carbocycles. The van der Waals surface area contributed by atoms with Crippen LogP contribution in [0.1, 0.15) is 5.56 Å². The van der Waals surface area contributed by atoms with Crippen LogP contribution >= 0.6 is 11.3 Å². The highest BCUT2D eigenvalue weighted by molar-refractivity contribution is 7.92. The lowest BCUT2D eigenvalue weighted by molar-refractivity contribution is 0.415. The van der Waals surface area contributed by atoms with Crippen molar-refractivity contribution in [1.29, 1.82) is 0 Å². The first-order valence-electron chi connectivity index (χ1n) is 8.35. The SMILES string of the molecule is COc1cccc(-c2ccc(S(=O)(=O)Cc3cccc(-c4nn[nH]n4)c3)s2)c1. The summed E-state index contributed by atoms with van der Waals surface area (Å²) in [6.45, 7) is 0. The number of ether oxygens (including phenoxy) is 1. The summed E-state index contributed by atoms with van der Waals surface area (Å²) in [7, 11) is -1.88. The zero-order valence-electron chi connectivity index (χ0n) is 14.9. The number of rotatable bonds is 6. The van der Waals surface area contributed by atoms with Gasteiger partial charge in [-0.15, -0.1) is 21.5 Å². The van der Waals surface area contributed by atoms with Crippen LogP contribution in [0.5, 0.6) is 5.75 Å². The smallest absolute Gasteiger partial charge is 0.204 e. The molecule has 28 heavy (non-hydrogen) atoms. The standard InChI is InChI=1S/C19H16N4O3S2/c1-26-16-7-3-5-14(11-16)17-8-9-18(27-17)28(24,25)12-13-4-2-6-15(10-13)19-20-22-23-21-19/h2-11H,12H2,1H3,(H,20,21,22,23). The number of hydrogen-bond donors (Lipinski definition) is 1. The second-order valence-electron chi connectivity index (χ2n) is 6.05. The van der Waals surface area contributed by atoms with Gasteiger partial charge in [-0.25, -0.2) is 8.42 Å². The molecule has 0 aliphatic rings. The van der Waals surface area contributed by atoms with E-state index in [-0.39, 0.29) is 5.75 Å². The lowest BCUT2D eigenvalue weighted by atomic mass is 10.1. The van der Waals surface area contributed by atoms with Gasteiger partial charge in [0, 0.05) is 10.4 Å². The molecule has 0 fully saturated rings. The van der Waals surface area contributed by atoms with Gasteiger partial charge in [-0.05, 0) is 46.7 Å². The second kappa shape index (κ2) is 7.53. The average Bonchev–Trinajstić information content (AvgIpc) is 3.40. The van der Waals surface area contributed by atoms with E-state index in [4.69, 9.17) is 4.74 Å². The van der Waals surface area contributed by atoms with Crippen molar-refractivity contribution in [3.8, 4) is 27.6 Å². The Labute approximate surface area is 165 Å². The van der Waals surface area contributed by atoms with Crippen LogP contribution in [-0.2, 0) is 15.6 Å². The predicted octanol–water partition coefficient (Wildman–Crippen LogP) is 3.58. The van der Waals surface area contributed by atoms with E-state index >= 15 is 0 Å². The lowest BCUT2D eigenvalue weighted by Gasteiger charge is -2.04. The maximum absolute atomic E-state index is 12.9. The summed E-state index contributed by atoms with van der Waals surface area (Å²) in [5.74, 6) is 1.06. The monoisotopic (exact) mass is 412 g/mol.